The Hall–Kier alpha value is -2.27. The molecule has 2 aromatic carbocycles. The third kappa shape index (κ3) is 6.16. The minimum atomic E-state index is -3.71. The maximum absolute atomic E-state index is 12.8. The van der Waals surface area contributed by atoms with E-state index in [2.05, 4.69) is 4.90 Å². The molecule has 0 spiro atoms. The molecule has 1 amide bonds. The molecule has 1 aliphatic heterocycles. The molecule has 1 fully saturated rings. The molecule has 0 bridgehead atoms. The smallest absolute Gasteiger partial charge is 0.243 e. The van der Waals surface area contributed by atoms with Gasteiger partial charge in [0.2, 0.25) is 15.9 Å². The van der Waals surface area contributed by atoms with Crippen molar-refractivity contribution in [2.45, 2.75) is 22.8 Å². The van der Waals surface area contributed by atoms with E-state index in [4.69, 9.17) is 0 Å². The van der Waals surface area contributed by atoms with Gasteiger partial charge >= 0.3 is 0 Å². The molecule has 0 radical (unpaired) electrons. The van der Waals surface area contributed by atoms with E-state index in [0.29, 0.717) is 31.1 Å². The van der Waals surface area contributed by atoms with Crippen LogP contribution in [0.2, 0.25) is 0 Å². The van der Waals surface area contributed by atoms with Gasteiger partial charge in [-0.3, -0.25) is 9.69 Å². The van der Waals surface area contributed by atoms with E-state index in [-0.39, 0.29) is 17.3 Å². The van der Waals surface area contributed by atoms with Crippen LogP contribution in [0, 0.1) is 0 Å². The van der Waals surface area contributed by atoms with Crippen LogP contribution in [-0.4, -0.2) is 82.9 Å². The third-order valence-corrected chi connectivity index (χ3v) is 8.45. The molecule has 0 N–H and O–H groups in total. The summed E-state index contributed by atoms with van der Waals surface area (Å²) < 4.78 is 49.7. The van der Waals surface area contributed by atoms with Gasteiger partial charge in [-0.2, -0.15) is 4.31 Å². The lowest BCUT2D eigenvalue weighted by Gasteiger charge is -2.24. The standard InChI is InChI=1S/C22H29N3O5S2/c1-23(32(29,30)21-7-4-3-5-8-21)18-22(26)25-14-6-13-24(15-16-25)17-19-9-11-20(12-10-19)31(2,27)28/h3-5,7-12H,6,13-18H2,1-2H3. The van der Waals surface area contributed by atoms with Gasteiger partial charge in [0, 0.05) is 46.0 Å². The summed E-state index contributed by atoms with van der Waals surface area (Å²) in [6.45, 7) is 3.00. The van der Waals surface area contributed by atoms with E-state index in [1.54, 1.807) is 35.2 Å². The van der Waals surface area contributed by atoms with E-state index < -0.39 is 19.9 Å². The lowest BCUT2D eigenvalue weighted by Crippen LogP contribution is -2.42. The number of benzene rings is 2. The Bertz CT molecular complexity index is 1130. The number of sulfonamides is 1. The molecule has 0 aliphatic carbocycles. The average molecular weight is 480 g/mol. The Morgan fingerprint density at radius 2 is 1.53 bits per heavy atom. The van der Waals surface area contributed by atoms with Gasteiger partial charge in [-0.15, -0.1) is 0 Å². The summed E-state index contributed by atoms with van der Waals surface area (Å²) in [7, 11) is -5.51. The second kappa shape index (κ2) is 10.1. The molecule has 1 heterocycles. The van der Waals surface area contributed by atoms with Crippen molar-refractivity contribution in [2.24, 2.45) is 0 Å². The second-order valence-corrected chi connectivity index (χ2v) is 12.1. The van der Waals surface area contributed by atoms with Gasteiger partial charge in [0.1, 0.15) is 0 Å². The van der Waals surface area contributed by atoms with E-state index in [0.717, 1.165) is 22.8 Å². The third-order valence-electron chi connectivity index (χ3n) is 5.51. The average Bonchev–Trinajstić information content (AvgIpc) is 2.99. The van der Waals surface area contributed by atoms with Crippen molar-refractivity contribution in [3.63, 3.8) is 0 Å². The van der Waals surface area contributed by atoms with Crippen LogP contribution >= 0.6 is 0 Å². The predicted octanol–water partition coefficient (Wildman–Crippen LogP) is 1.45. The van der Waals surface area contributed by atoms with E-state index in [1.807, 2.05) is 12.1 Å². The largest absolute Gasteiger partial charge is 0.340 e. The van der Waals surface area contributed by atoms with Gasteiger partial charge < -0.3 is 4.90 Å². The fourth-order valence-corrected chi connectivity index (χ4v) is 5.40. The van der Waals surface area contributed by atoms with Crippen LogP contribution in [0.25, 0.3) is 0 Å². The zero-order chi connectivity index (χ0) is 23.4. The Labute approximate surface area is 190 Å². The summed E-state index contributed by atoms with van der Waals surface area (Å²) in [5, 5.41) is 0. The SMILES string of the molecule is CN(CC(=O)N1CCCN(Cc2ccc(S(C)(=O)=O)cc2)CC1)S(=O)(=O)c1ccccc1. The van der Waals surface area contributed by atoms with Crippen LogP contribution in [0.15, 0.2) is 64.4 Å². The van der Waals surface area contributed by atoms with Crippen molar-refractivity contribution in [1.29, 1.82) is 0 Å². The van der Waals surface area contributed by atoms with Crippen LogP contribution in [0.1, 0.15) is 12.0 Å². The molecular weight excluding hydrogens is 450 g/mol. The lowest BCUT2D eigenvalue weighted by atomic mass is 10.2. The quantitative estimate of drug-likeness (QED) is 0.597. The monoisotopic (exact) mass is 479 g/mol. The van der Waals surface area contributed by atoms with Crippen molar-refractivity contribution < 1.29 is 21.6 Å². The first-order valence-corrected chi connectivity index (χ1v) is 13.7. The van der Waals surface area contributed by atoms with E-state index >= 15 is 0 Å². The van der Waals surface area contributed by atoms with Gasteiger partial charge in [-0.25, -0.2) is 16.8 Å². The number of hydrogen-bond donors (Lipinski definition) is 0. The minimum absolute atomic E-state index is 0.166. The van der Waals surface area contributed by atoms with E-state index in [9.17, 15) is 21.6 Å². The van der Waals surface area contributed by atoms with Crippen LogP contribution < -0.4 is 0 Å². The second-order valence-electron chi connectivity index (χ2n) is 8.00. The van der Waals surface area contributed by atoms with Crippen LogP contribution in [0.3, 0.4) is 0 Å². The Morgan fingerprint density at radius 3 is 2.16 bits per heavy atom. The van der Waals surface area contributed by atoms with Gasteiger partial charge in [-0.1, -0.05) is 30.3 Å². The van der Waals surface area contributed by atoms with Crippen LogP contribution in [0.5, 0.6) is 0 Å². The molecular formula is C22H29N3O5S2. The minimum Gasteiger partial charge on any atom is -0.340 e. The Kier molecular flexibility index (Phi) is 7.71. The van der Waals surface area contributed by atoms with Crippen molar-refractivity contribution in [3.8, 4) is 0 Å². The molecule has 1 saturated heterocycles. The molecule has 0 atom stereocenters. The molecule has 0 aromatic heterocycles. The highest BCUT2D eigenvalue weighted by molar-refractivity contribution is 7.90. The highest BCUT2D eigenvalue weighted by Gasteiger charge is 2.26. The normalized spacial score (nSPS) is 16.2. The molecule has 32 heavy (non-hydrogen) atoms. The van der Waals surface area contributed by atoms with E-state index in [1.165, 1.54) is 25.4 Å². The number of rotatable bonds is 7. The Balaban J connectivity index is 1.56. The van der Waals surface area contributed by atoms with Crippen LogP contribution in [0.4, 0.5) is 0 Å². The number of hydrogen-bond acceptors (Lipinski definition) is 6. The fourth-order valence-electron chi connectivity index (χ4n) is 3.63. The van der Waals surface area contributed by atoms with Gasteiger partial charge in [0.25, 0.3) is 0 Å². The first kappa shape index (κ1) is 24.4. The van der Waals surface area contributed by atoms with Gasteiger partial charge in [0.15, 0.2) is 9.84 Å². The highest BCUT2D eigenvalue weighted by atomic mass is 32.2. The molecule has 2 aromatic rings. The summed E-state index contributed by atoms with van der Waals surface area (Å²) in [6, 6.07) is 14.9. The number of carbonyl (C=O) groups excluding carboxylic acids is 1. The maximum Gasteiger partial charge on any atom is 0.243 e. The van der Waals surface area contributed by atoms with Crippen molar-refractivity contribution in [1.82, 2.24) is 14.1 Å². The van der Waals surface area contributed by atoms with Crippen molar-refractivity contribution in [3.05, 3.63) is 60.2 Å². The number of nitrogens with zero attached hydrogens (tertiary/aromatic N) is 3. The summed E-state index contributed by atoms with van der Waals surface area (Å²) in [6.07, 6.45) is 1.97. The lowest BCUT2D eigenvalue weighted by molar-refractivity contribution is -0.131. The fraction of sp³-hybridized carbons (Fsp3) is 0.409. The molecule has 8 nitrogen and oxygen atoms in total. The first-order valence-electron chi connectivity index (χ1n) is 10.4. The summed E-state index contributed by atoms with van der Waals surface area (Å²) in [4.78, 5) is 17.2. The molecule has 0 saturated carbocycles. The first-order chi connectivity index (χ1) is 15.1. The summed E-state index contributed by atoms with van der Waals surface area (Å²) in [5.74, 6) is -0.216. The maximum atomic E-state index is 12.8. The topological polar surface area (TPSA) is 95.1 Å². The van der Waals surface area contributed by atoms with Crippen molar-refractivity contribution >= 4 is 25.8 Å². The molecule has 10 heteroatoms. The molecule has 1 aliphatic rings. The zero-order valence-corrected chi connectivity index (χ0v) is 20.0. The predicted molar refractivity (Wildman–Crippen MR) is 122 cm³/mol. The number of likely N-dealkylation sites (N-methyl/N-ethyl adjacent to an activating group) is 1. The van der Waals surface area contributed by atoms with Crippen molar-refractivity contribution in [2.75, 3.05) is 46.0 Å². The van der Waals surface area contributed by atoms with Gasteiger partial charge in [-0.05, 0) is 36.2 Å². The highest BCUT2D eigenvalue weighted by Crippen LogP contribution is 2.16. The molecule has 174 valence electrons. The number of carbonyl (C=O) groups is 1. The summed E-state index contributed by atoms with van der Waals surface area (Å²) >= 11 is 0. The Morgan fingerprint density at radius 1 is 0.875 bits per heavy atom. The summed E-state index contributed by atoms with van der Waals surface area (Å²) in [5.41, 5.74) is 1.01. The zero-order valence-electron chi connectivity index (χ0n) is 18.3. The molecule has 3 rings (SSSR count). The number of amides is 1. The molecule has 0 unspecified atom stereocenters. The van der Waals surface area contributed by atoms with Gasteiger partial charge in [0.05, 0.1) is 16.3 Å². The number of sulfone groups is 1. The van der Waals surface area contributed by atoms with Crippen LogP contribution in [-0.2, 0) is 31.2 Å².